The maximum atomic E-state index is 6.58. The minimum absolute atomic E-state index is 0. The Bertz CT molecular complexity index is 2730. The van der Waals surface area contributed by atoms with Gasteiger partial charge in [-0.25, -0.2) is 4.98 Å². The van der Waals surface area contributed by atoms with E-state index in [1.165, 1.54) is 0 Å². The molecule has 53 heavy (non-hydrogen) atoms. The monoisotopic (exact) mass is 859 g/mol. The molecular formula is C47H30IrN4O-2. The van der Waals surface area contributed by atoms with E-state index in [1.807, 2.05) is 97.2 Å². The fourth-order valence-electron chi connectivity index (χ4n) is 6.54. The summed E-state index contributed by atoms with van der Waals surface area (Å²) >= 11 is 0. The van der Waals surface area contributed by atoms with Crippen molar-refractivity contribution in [2.75, 3.05) is 0 Å². The number of nitrogens with zero attached hydrogens (tertiary/aromatic N) is 4. The SMILES string of the molecule is [Ir].[c-]1ccc2c(oc3cc(-c4ccccc4)ccc32)c1-c1nc2cc(-c3ccccc3)cnc2n1-c1ccccc1.[c-]1ccccc1-c1ccccn1. The molecule has 0 bridgehead atoms. The molecule has 0 atom stereocenters. The third kappa shape index (κ3) is 6.70. The Hall–Kier alpha value is -6.46. The van der Waals surface area contributed by atoms with E-state index in [-0.39, 0.29) is 20.1 Å². The first-order valence-corrected chi connectivity index (χ1v) is 17.1. The molecule has 5 nitrogen and oxygen atoms in total. The number of aromatic nitrogens is 4. The van der Waals surface area contributed by atoms with Gasteiger partial charge in [0, 0.05) is 49.1 Å². The number of hydrogen-bond acceptors (Lipinski definition) is 4. The van der Waals surface area contributed by atoms with Crippen LogP contribution in [0, 0.1) is 12.1 Å². The number of benzene rings is 6. The van der Waals surface area contributed by atoms with Crippen LogP contribution >= 0.6 is 0 Å². The van der Waals surface area contributed by atoms with E-state index in [0.29, 0.717) is 0 Å². The molecule has 10 rings (SSSR count). The molecule has 4 aromatic heterocycles. The van der Waals surface area contributed by atoms with Gasteiger partial charge in [-0.1, -0.05) is 114 Å². The largest absolute Gasteiger partial charge is 0.501 e. The van der Waals surface area contributed by atoms with Crippen molar-refractivity contribution in [1.82, 2.24) is 19.5 Å². The third-order valence-corrected chi connectivity index (χ3v) is 9.03. The van der Waals surface area contributed by atoms with E-state index < -0.39 is 0 Å². The van der Waals surface area contributed by atoms with E-state index in [1.54, 1.807) is 6.20 Å². The normalized spacial score (nSPS) is 10.9. The predicted molar refractivity (Wildman–Crippen MR) is 210 cm³/mol. The van der Waals surface area contributed by atoms with Crippen molar-refractivity contribution in [3.63, 3.8) is 0 Å². The standard InChI is InChI=1S/C36H22N3O.C11H8N.Ir/c1-4-11-24(12-5-1)26-19-20-29-30-17-10-18-31(34(30)40-33(29)22-26)35-38-32-21-27(25-13-6-2-7-14-25)23-37-36(32)39(35)28-15-8-3-9-16-28;1-2-6-10(7-3-1)11-8-4-5-9-12-11;/h1-17,19-23H;1-6,8-9H;/q2*-1;. The second kappa shape index (κ2) is 15.0. The van der Waals surface area contributed by atoms with Crippen molar-refractivity contribution in [3.8, 4) is 50.6 Å². The number of imidazole rings is 1. The Morgan fingerprint density at radius 2 is 1.26 bits per heavy atom. The second-order valence-electron chi connectivity index (χ2n) is 12.3. The van der Waals surface area contributed by atoms with Crippen molar-refractivity contribution in [2.24, 2.45) is 0 Å². The summed E-state index contributed by atoms with van der Waals surface area (Å²) in [6.07, 6.45) is 3.70. The van der Waals surface area contributed by atoms with Gasteiger partial charge in [-0.3, -0.25) is 4.98 Å². The first-order valence-electron chi connectivity index (χ1n) is 17.1. The van der Waals surface area contributed by atoms with Crippen LogP contribution in [0.1, 0.15) is 0 Å². The Morgan fingerprint density at radius 3 is 1.98 bits per heavy atom. The van der Waals surface area contributed by atoms with Crippen molar-refractivity contribution < 1.29 is 24.5 Å². The molecule has 0 N–H and O–H groups in total. The predicted octanol–water partition coefficient (Wildman–Crippen LogP) is 11.7. The number of fused-ring (bicyclic) bond motifs is 4. The van der Waals surface area contributed by atoms with Crippen molar-refractivity contribution >= 4 is 33.1 Å². The molecule has 0 saturated heterocycles. The van der Waals surface area contributed by atoms with Crippen LogP contribution in [0.5, 0.6) is 0 Å². The van der Waals surface area contributed by atoms with Crippen LogP contribution in [0.25, 0.3) is 83.7 Å². The molecule has 10 aromatic rings. The van der Waals surface area contributed by atoms with E-state index in [4.69, 9.17) is 14.4 Å². The van der Waals surface area contributed by atoms with Gasteiger partial charge in [0.05, 0.1) is 16.9 Å². The Morgan fingerprint density at radius 1 is 0.547 bits per heavy atom. The van der Waals surface area contributed by atoms with Gasteiger partial charge in [0.1, 0.15) is 5.58 Å². The summed E-state index contributed by atoms with van der Waals surface area (Å²) in [7, 11) is 0. The number of para-hydroxylation sites is 1. The molecule has 0 fully saturated rings. The van der Waals surface area contributed by atoms with Gasteiger partial charge in [-0.2, -0.15) is 0 Å². The molecule has 0 amide bonds. The summed E-state index contributed by atoms with van der Waals surface area (Å²) in [5.41, 5.74) is 11.4. The zero-order chi connectivity index (χ0) is 34.7. The second-order valence-corrected chi connectivity index (χ2v) is 12.3. The van der Waals surface area contributed by atoms with Crippen LogP contribution in [0.15, 0.2) is 187 Å². The minimum Gasteiger partial charge on any atom is -0.501 e. The summed E-state index contributed by atoms with van der Waals surface area (Å²) in [5, 5.41) is 2.10. The molecule has 6 aromatic carbocycles. The Labute approximate surface area is 320 Å². The average molecular weight is 859 g/mol. The van der Waals surface area contributed by atoms with Crippen LogP contribution in [-0.2, 0) is 20.1 Å². The van der Waals surface area contributed by atoms with E-state index >= 15 is 0 Å². The van der Waals surface area contributed by atoms with Gasteiger partial charge in [-0.05, 0) is 52.7 Å². The van der Waals surface area contributed by atoms with Crippen LogP contribution in [0.3, 0.4) is 0 Å². The van der Waals surface area contributed by atoms with Gasteiger partial charge in [0.15, 0.2) is 5.65 Å². The number of rotatable bonds is 5. The quantitative estimate of drug-likeness (QED) is 0.162. The molecule has 0 saturated carbocycles. The molecular weight excluding hydrogens is 829 g/mol. The first kappa shape index (κ1) is 33.7. The fourth-order valence-corrected chi connectivity index (χ4v) is 6.54. The summed E-state index contributed by atoms with van der Waals surface area (Å²) in [5.74, 6) is 0.742. The molecule has 0 aliphatic heterocycles. The molecule has 6 heteroatoms. The summed E-state index contributed by atoms with van der Waals surface area (Å²) in [4.78, 5) is 14.3. The van der Waals surface area contributed by atoms with Gasteiger partial charge in [0.2, 0.25) is 0 Å². The molecule has 0 unspecified atom stereocenters. The van der Waals surface area contributed by atoms with E-state index in [2.05, 4.69) is 101 Å². The maximum absolute atomic E-state index is 6.58. The Kier molecular flexibility index (Phi) is 9.55. The Balaban J connectivity index is 0.000000262. The summed E-state index contributed by atoms with van der Waals surface area (Å²) in [6, 6.07) is 63.6. The summed E-state index contributed by atoms with van der Waals surface area (Å²) < 4.78 is 8.67. The zero-order valence-corrected chi connectivity index (χ0v) is 30.7. The van der Waals surface area contributed by atoms with Crippen molar-refractivity contribution in [3.05, 3.63) is 194 Å². The number of hydrogen-bond donors (Lipinski definition) is 0. The number of furan rings is 1. The van der Waals surface area contributed by atoms with E-state index in [0.717, 1.165) is 83.7 Å². The van der Waals surface area contributed by atoms with Crippen LogP contribution in [0.2, 0.25) is 0 Å². The molecule has 0 aliphatic rings. The number of pyridine rings is 2. The minimum atomic E-state index is 0. The summed E-state index contributed by atoms with van der Waals surface area (Å²) in [6.45, 7) is 0. The molecule has 1 radical (unpaired) electrons. The van der Waals surface area contributed by atoms with Crippen LogP contribution < -0.4 is 0 Å². The van der Waals surface area contributed by atoms with Gasteiger partial charge >= 0.3 is 0 Å². The molecule has 4 heterocycles. The zero-order valence-electron chi connectivity index (χ0n) is 28.4. The molecule has 255 valence electrons. The van der Waals surface area contributed by atoms with Crippen molar-refractivity contribution in [2.45, 2.75) is 0 Å². The fraction of sp³-hybridized carbons (Fsp3) is 0. The van der Waals surface area contributed by atoms with Crippen LogP contribution in [-0.4, -0.2) is 19.5 Å². The average Bonchev–Trinajstić information content (AvgIpc) is 3.81. The van der Waals surface area contributed by atoms with Gasteiger partial charge < -0.3 is 14.0 Å². The van der Waals surface area contributed by atoms with Gasteiger partial charge in [-0.15, -0.1) is 54.1 Å². The first-order chi connectivity index (χ1) is 25.8. The molecule has 0 spiro atoms. The topological polar surface area (TPSA) is 56.7 Å². The van der Waals surface area contributed by atoms with Gasteiger partial charge in [0.25, 0.3) is 0 Å². The van der Waals surface area contributed by atoms with Crippen LogP contribution in [0.4, 0.5) is 0 Å². The molecule has 0 aliphatic carbocycles. The van der Waals surface area contributed by atoms with E-state index in [9.17, 15) is 0 Å². The third-order valence-electron chi connectivity index (χ3n) is 9.03. The van der Waals surface area contributed by atoms with Crippen molar-refractivity contribution in [1.29, 1.82) is 0 Å². The maximum Gasteiger partial charge on any atom is 0.155 e. The smallest absolute Gasteiger partial charge is 0.155 e.